The van der Waals surface area contributed by atoms with Gasteiger partial charge >= 0.3 is 5.97 Å². The van der Waals surface area contributed by atoms with Crippen LogP contribution < -0.4 is 9.47 Å². The van der Waals surface area contributed by atoms with Gasteiger partial charge in [0.15, 0.2) is 0 Å². The molecule has 0 radical (unpaired) electrons. The van der Waals surface area contributed by atoms with Crippen molar-refractivity contribution in [3.8, 4) is 22.6 Å². The third-order valence-corrected chi connectivity index (χ3v) is 9.28. The normalized spacial score (nSPS) is 16.5. The number of rotatable bonds is 12. The third-order valence-electron chi connectivity index (χ3n) is 7.91. The maximum Gasteiger partial charge on any atom is 0.335 e. The summed E-state index contributed by atoms with van der Waals surface area (Å²) >= 11 is 6.86. The van der Waals surface area contributed by atoms with Gasteiger partial charge in [0.25, 0.3) is 5.91 Å². The van der Waals surface area contributed by atoms with Crippen molar-refractivity contribution in [3.63, 3.8) is 0 Å². The predicted octanol–water partition coefficient (Wildman–Crippen LogP) is 6.22. The van der Waals surface area contributed by atoms with E-state index >= 15 is 0 Å². The molecule has 46 heavy (non-hydrogen) atoms. The number of hydrogen-bond donors (Lipinski definition) is 2. The van der Waals surface area contributed by atoms with Crippen LogP contribution in [0.2, 0.25) is 0 Å². The number of ether oxygens (including phenoxy) is 3. The monoisotopic (exact) mass is 657 g/mol. The summed E-state index contributed by atoms with van der Waals surface area (Å²) in [7, 11) is 0. The molecule has 0 unspecified atom stereocenters. The van der Waals surface area contributed by atoms with Gasteiger partial charge in [0, 0.05) is 48.3 Å². The number of fused-ring (bicyclic) bond motifs is 1. The quantitative estimate of drug-likeness (QED) is 0.104. The molecule has 0 atom stereocenters. The lowest BCUT2D eigenvalue weighted by molar-refractivity contribution is -0.122. The zero-order valence-corrected chi connectivity index (χ0v) is 27.1. The average molecular weight is 658 g/mol. The molecule has 2 fully saturated rings. The highest BCUT2D eigenvalue weighted by atomic mass is 32.2. The molecule has 0 aliphatic carbocycles. The first kappa shape index (κ1) is 31.8. The smallest absolute Gasteiger partial charge is 0.335 e. The summed E-state index contributed by atoms with van der Waals surface area (Å²) in [6.07, 6.45) is 2.46. The van der Waals surface area contributed by atoms with E-state index in [0.717, 1.165) is 71.9 Å². The summed E-state index contributed by atoms with van der Waals surface area (Å²) in [6.45, 7) is 7.54. The van der Waals surface area contributed by atoms with Crippen molar-refractivity contribution in [3.05, 3.63) is 88.5 Å². The number of aryl methyl sites for hydroxylation is 1. The minimum Gasteiger partial charge on any atom is -0.494 e. The Labute approximate surface area is 277 Å². The van der Waals surface area contributed by atoms with Gasteiger partial charge in [-0.2, -0.15) is 0 Å². The van der Waals surface area contributed by atoms with Gasteiger partial charge in [-0.3, -0.25) is 14.6 Å². The molecule has 6 rings (SSSR count). The van der Waals surface area contributed by atoms with Gasteiger partial charge in [-0.05, 0) is 85.1 Å². The Bertz CT molecular complexity index is 1780. The van der Waals surface area contributed by atoms with Gasteiger partial charge < -0.3 is 24.3 Å². The largest absolute Gasteiger partial charge is 0.494 e. The van der Waals surface area contributed by atoms with Crippen LogP contribution in [0.5, 0.6) is 11.5 Å². The fraction of sp³-hybridized carbons (Fsp3) is 0.286. The van der Waals surface area contributed by atoms with E-state index in [0.29, 0.717) is 41.2 Å². The first-order chi connectivity index (χ1) is 22.3. The molecule has 11 heteroatoms. The Balaban J connectivity index is 1.15. The number of carboxylic acid groups (broad SMARTS) is 1. The molecule has 3 heterocycles. The molecule has 0 bridgehead atoms. The Morgan fingerprint density at radius 1 is 1.02 bits per heavy atom. The SMILES string of the molecule is Cc1cc2cc(-c3cc(C=C4SC(=S)N(CCCOc5ccc(C(=O)O)cc5)C4=O)ccc3OCCN3CCOCC3)ccc2[nH]1. The van der Waals surface area contributed by atoms with Crippen molar-refractivity contribution >= 4 is 57.2 Å². The standard InChI is InChI=1S/C35H35N3O6S2/c1-23-19-27-22-26(6-9-30(27)36-23)29-20-24(3-10-31(29)44-18-14-37-12-16-42-17-13-37)21-32-33(39)38(35(45)46-32)11-2-15-43-28-7-4-25(5-8-28)34(40)41/h3-10,19-22,36H,2,11-18H2,1H3,(H,40,41). The van der Waals surface area contributed by atoms with Crippen LogP contribution in [0, 0.1) is 6.92 Å². The van der Waals surface area contributed by atoms with Gasteiger partial charge in [-0.15, -0.1) is 0 Å². The third kappa shape index (κ3) is 7.61. The maximum atomic E-state index is 13.4. The number of H-pyrrole nitrogens is 1. The van der Waals surface area contributed by atoms with Crippen molar-refractivity contribution in [1.29, 1.82) is 0 Å². The van der Waals surface area contributed by atoms with Crippen LogP contribution in [0.1, 0.15) is 28.0 Å². The lowest BCUT2D eigenvalue weighted by Crippen LogP contribution is -2.38. The summed E-state index contributed by atoms with van der Waals surface area (Å²) in [4.78, 5) is 32.3. The molecule has 3 aromatic carbocycles. The number of aromatic nitrogens is 1. The number of hydrogen-bond acceptors (Lipinski definition) is 8. The fourth-order valence-electron chi connectivity index (χ4n) is 5.49. The molecule has 0 spiro atoms. The van der Waals surface area contributed by atoms with Crippen LogP contribution in [0.3, 0.4) is 0 Å². The molecule has 9 nitrogen and oxygen atoms in total. The van der Waals surface area contributed by atoms with Crippen LogP contribution in [-0.4, -0.2) is 88.7 Å². The summed E-state index contributed by atoms with van der Waals surface area (Å²) in [5.41, 5.74) is 5.26. The van der Waals surface area contributed by atoms with E-state index in [1.807, 2.05) is 25.1 Å². The minimum absolute atomic E-state index is 0.127. The van der Waals surface area contributed by atoms with Gasteiger partial charge in [-0.25, -0.2) is 4.79 Å². The van der Waals surface area contributed by atoms with E-state index in [1.54, 1.807) is 17.0 Å². The predicted molar refractivity (Wildman–Crippen MR) is 185 cm³/mol. The second-order valence-electron chi connectivity index (χ2n) is 11.2. The molecule has 238 valence electrons. The summed E-state index contributed by atoms with van der Waals surface area (Å²) in [5, 5.41) is 10.2. The highest BCUT2D eigenvalue weighted by Crippen LogP contribution is 2.37. The maximum absolute atomic E-state index is 13.4. The van der Waals surface area contributed by atoms with Crippen molar-refractivity contribution in [1.82, 2.24) is 14.8 Å². The Morgan fingerprint density at radius 3 is 2.61 bits per heavy atom. The summed E-state index contributed by atoms with van der Waals surface area (Å²) in [6, 6.07) is 20.7. The number of aromatic carboxylic acids is 1. The molecule has 2 saturated heterocycles. The molecular formula is C35H35N3O6S2. The number of aromatic amines is 1. The van der Waals surface area contributed by atoms with E-state index in [4.69, 9.17) is 31.5 Å². The highest BCUT2D eigenvalue weighted by Gasteiger charge is 2.31. The summed E-state index contributed by atoms with van der Waals surface area (Å²) < 4.78 is 18.1. The van der Waals surface area contributed by atoms with Crippen LogP contribution in [0.4, 0.5) is 0 Å². The molecule has 1 aromatic heterocycles. The Morgan fingerprint density at radius 2 is 1.83 bits per heavy atom. The van der Waals surface area contributed by atoms with Gasteiger partial charge in [0.05, 0.1) is 30.3 Å². The summed E-state index contributed by atoms with van der Waals surface area (Å²) in [5.74, 6) is 0.257. The van der Waals surface area contributed by atoms with E-state index in [-0.39, 0.29) is 11.5 Å². The van der Waals surface area contributed by atoms with Gasteiger partial charge in [0.2, 0.25) is 0 Å². The van der Waals surface area contributed by atoms with E-state index in [9.17, 15) is 9.59 Å². The molecule has 2 N–H and O–H groups in total. The van der Waals surface area contributed by atoms with Crippen molar-refractivity contribution in [2.75, 3.05) is 52.6 Å². The lowest BCUT2D eigenvalue weighted by Gasteiger charge is -2.26. The number of carbonyl (C=O) groups is 2. The second-order valence-corrected chi connectivity index (χ2v) is 12.9. The number of nitrogens with zero attached hydrogens (tertiary/aromatic N) is 2. The number of amides is 1. The van der Waals surface area contributed by atoms with Crippen LogP contribution >= 0.6 is 24.0 Å². The van der Waals surface area contributed by atoms with Crippen LogP contribution in [-0.2, 0) is 9.53 Å². The first-order valence-corrected chi connectivity index (χ1v) is 16.4. The minimum atomic E-state index is -0.984. The van der Waals surface area contributed by atoms with E-state index < -0.39 is 5.97 Å². The molecule has 1 amide bonds. The Kier molecular flexibility index (Phi) is 10.0. The van der Waals surface area contributed by atoms with E-state index in [1.165, 1.54) is 23.9 Å². The lowest BCUT2D eigenvalue weighted by atomic mass is 10.00. The van der Waals surface area contributed by atoms with Gasteiger partial charge in [0.1, 0.15) is 22.4 Å². The molecule has 2 aliphatic rings. The number of nitrogens with one attached hydrogen (secondary N) is 1. The van der Waals surface area contributed by atoms with Crippen molar-refractivity contribution in [2.24, 2.45) is 0 Å². The Hall–Kier alpha value is -4.16. The topological polar surface area (TPSA) is 104 Å². The number of thiocarbonyl (C=S) groups is 1. The van der Waals surface area contributed by atoms with Crippen molar-refractivity contribution in [2.45, 2.75) is 13.3 Å². The number of carbonyl (C=O) groups excluding carboxylic acids is 1. The zero-order chi connectivity index (χ0) is 32.0. The zero-order valence-electron chi connectivity index (χ0n) is 25.5. The number of carboxylic acids is 1. The van der Waals surface area contributed by atoms with Crippen LogP contribution in [0.25, 0.3) is 28.1 Å². The van der Waals surface area contributed by atoms with Gasteiger partial charge in [-0.1, -0.05) is 36.1 Å². The molecule has 0 saturated carbocycles. The van der Waals surface area contributed by atoms with Crippen LogP contribution in [0.15, 0.2) is 71.6 Å². The number of thioether (sulfide) groups is 1. The molecular weight excluding hydrogens is 623 g/mol. The van der Waals surface area contributed by atoms with Crippen molar-refractivity contribution < 1.29 is 28.9 Å². The van der Waals surface area contributed by atoms with E-state index in [2.05, 4.69) is 40.2 Å². The number of benzene rings is 3. The molecule has 2 aliphatic heterocycles. The first-order valence-electron chi connectivity index (χ1n) is 15.2. The fourth-order valence-corrected chi connectivity index (χ4v) is 6.80. The number of morpholine rings is 1. The highest BCUT2D eigenvalue weighted by molar-refractivity contribution is 8.26. The second kappa shape index (κ2) is 14.5. The molecule has 4 aromatic rings. The average Bonchev–Trinajstić information content (AvgIpc) is 3.56.